The molecule has 0 spiro atoms. The van der Waals surface area contributed by atoms with E-state index in [2.05, 4.69) is 16.4 Å². The Morgan fingerprint density at radius 3 is 1.84 bits per heavy atom. The van der Waals surface area contributed by atoms with Gasteiger partial charge < -0.3 is 14.4 Å². The number of fused-ring (bicyclic) bond motifs is 2. The summed E-state index contributed by atoms with van der Waals surface area (Å²) < 4.78 is 66.8. The van der Waals surface area contributed by atoms with E-state index in [1.807, 2.05) is 30.1 Å². The number of hydrogen-bond acceptors (Lipinski definition) is 6. The van der Waals surface area contributed by atoms with Gasteiger partial charge in [-0.2, -0.15) is 16.8 Å². The van der Waals surface area contributed by atoms with Gasteiger partial charge in [0.2, 0.25) is 0 Å². The van der Waals surface area contributed by atoms with Crippen molar-refractivity contribution in [1.29, 1.82) is 0 Å². The molecule has 0 saturated heterocycles. The summed E-state index contributed by atoms with van der Waals surface area (Å²) in [4.78, 5) is 4.04. The molecular formula is C30H35Cl4N3O6S2. The number of anilines is 2. The Labute approximate surface area is 284 Å². The second-order valence-electron chi connectivity index (χ2n) is 10.8. The monoisotopic (exact) mass is 737 g/mol. The Bertz CT molecular complexity index is 1860. The molecule has 9 nitrogen and oxygen atoms in total. The first-order valence-electron chi connectivity index (χ1n) is 14.5. The number of aromatic nitrogens is 1. The van der Waals surface area contributed by atoms with Crippen LogP contribution in [0.2, 0.25) is 20.1 Å². The van der Waals surface area contributed by atoms with E-state index < -0.39 is 26.0 Å². The number of allylic oxidation sites excluding steroid dienone is 2. The molecule has 0 radical (unpaired) electrons. The first kappa shape index (κ1) is 35.9. The molecule has 2 N–H and O–H groups in total. The molecule has 0 unspecified atom stereocenters. The van der Waals surface area contributed by atoms with Gasteiger partial charge >= 0.3 is 0 Å². The summed E-state index contributed by atoms with van der Waals surface area (Å²) in [6.45, 7) is 5.70. The molecule has 2 heterocycles. The Hall–Kier alpha value is -1.96. The summed E-state index contributed by atoms with van der Waals surface area (Å²) >= 11 is 25.6. The van der Waals surface area contributed by atoms with Crippen molar-refractivity contribution in [2.24, 2.45) is 0 Å². The minimum absolute atomic E-state index is 0.170. The third kappa shape index (κ3) is 8.70. The number of rotatable bonds is 14. The average molecular weight is 740 g/mol. The standard InChI is InChI=1S/C30H35Cl4N3O6S2/c1-3-11-35-26(20(8-6-14-44(38,39)40)21-16-22(31)23(32)17-27(21)35)9-5-10-30-36(12-4-2)28-18-24(33)25(34)19-29(28)37(30)13-7-15-45(41,42)43/h5,9-10,16-19H,3-4,6-8,11-15H2,1-2H3,(H,38,39,40)(H,41,42,43)/b9-5+,30-10-. The van der Waals surface area contributed by atoms with E-state index >= 15 is 0 Å². The fourth-order valence-corrected chi connectivity index (χ4v) is 7.28. The van der Waals surface area contributed by atoms with Crippen LogP contribution >= 0.6 is 46.4 Å². The molecule has 3 aromatic rings. The number of nitrogens with zero attached hydrogens (tertiary/aromatic N) is 3. The van der Waals surface area contributed by atoms with Gasteiger partial charge in [-0.3, -0.25) is 9.11 Å². The smallest absolute Gasteiger partial charge is 0.264 e. The summed E-state index contributed by atoms with van der Waals surface area (Å²) in [7, 11) is -8.29. The van der Waals surface area contributed by atoms with Crippen molar-refractivity contribution in [3.05, 3.63) is 73.6 Å². The highest BCUT2D eigenvalue weighted by atomic mass is 35.5. The van der Waals surface area contributed by atoms with Crippen LogP contribution in [0.5, 0.6) is 0 Å². The van der Waals surface area contributed by atoms with Gasteiger partial charge in [0.25, 0.3) is 20.2 Å². The molecule has 246 valence electrons. The fourth-order valence-electron chi connectivity index (χ4n) is 5.64. The number of halogens is 4. The lowest BCUT2D eigenvalue weighted by molar-refractivity contribution is 0.479. The largest absolute Gasteiger partial charge is 0.341 e. The minimum atomic E-state index is -4.15. The topological polar surface area (TPSA) is 120 Å². The van der Waals surface area contributed by atoms with Crippen molar-refractivity contribution in [2.45, 2.75) is 52.5 Å². The number of hydrogen-bond donors (Lipinski definition) is 2. The SMILES string of the molecule is CCCN1/C(=C/C=C/c2c(CCCS(=O)(=O)O)c3cc(Cl)c(Cl)cc3n2CCC)N(CCCS(=O)(=O)O)c2cc(Cl)c(Cl)cc21. The molecule has 45 heavy (non-hydrogen) atoms. The zero-order valence-corrected chi connectivity index (χ0v) is 29.5. The molecule has 1 aliphatic rings. The van der Waals surface area contributed by atoms with Crippen molar-refractivity contribution < 1.29 is 25.9 Å². The van der Waals surface area contributed by atoms with Crippen LogP contribution in [0.1, 0.15) is 50.8 Å². The molecule has 0 saturated carbocycles. The molecule has 15 heteroatoms. The van der Waals surface area contributed by atoms with Crippen molar-refractivity contribution in [3.8, 4) is 0 Å². The van der Waals surface area contributed by atoms with Crippen LogP contribution in [0.3, 0.4) is 0 Å². The van der Waals surface area contributed by atoms with Crippen LogP contribution in [0.25, 0.3) is 17.0 Å². The van der Waals surface area contributed by atoms with E-state index in [1.54, 1.807) is 24.3 Å². The van der Waals surface area contributed by atoms with Crippen LogP contribution in [0, 0.1) is 0 Å². The van der Waals surface area contributed by atoms with Crippen LogP contribution in [-0.2, 0) is 33.2 Å². The van der Waals surface area contributed by atoms with Gasteiger partial charge in [-0.15, -0.1) is 0 Å². The lowest BCUT2D eigenvalue weighted by Crippen LogP contribution is -2.30. The fraction of sp³-hybridized carbons (Fsp3) is 0.400. The van der Waals surface area contributed by atoms with Crippen molar-refractivity contribution in [2.75, 3.05) is 34.4 Å². The normalized spacial score (nSPS) is 14.9. The summed E-state index contributed by atoms with van der Waals surface area (Å²) in [5.74, 6) is -0.00356. The quantitative estimate of drug-likeness (QED) is 0.158. The summed E-state index contributed by atoms with van der Waals surface area (Å²) in [6.07, 6.45) is 8.12. The van der Waals surface area contributed by atoms with Crippen LogP contribution in [0.4, 0.5) is 11.4 Å². The molecular weight excluding hydrogens is 704 g/mol. The lowest BCUT2D eigenvalue weighted by Gasteiger charge is -2.25. The average Bonchev–Trinajstić information content (AvgIpc) is 3.35. The highest BCUT2D eigenvalue weighted by molar-refractivity contribution is 7.86. The first-order valence-corrected chi connectivity index (χ1v) is 19.2. The van der Waals surface area contributed by atoms with Crippen LogP contribution in [0.15, 0.2) is 42.2 Å². The summed E-state index contributed by atoms with van der Waals surface area (Å²) in [5, 5.41) is 2.38. The predicted octanol–water partition coefficient (Wildman–Crippen LogP) is 8.35. The van der Waals surface area contributed by atoms with Gasteiger partial charge in [-0.25, -0.2) is 0 Å². The third-order valence-electron chi connectivity index (χ3n) is 7.41. The van der Waals surface area contributed by atoms with Gasteiger partial charge in [0.1, 0.15) is 5.82 Å². The molecule has 1 aromatic heterocycles. The molecule has 0 fully saturated rings. The molecule has 0 atom stereocenters. The van der Waals surface area contributed by atoms with E-state index in [0.717, 1.165) is 52.2 Å². The van der Waals surface area contributed by atoms with Crippen LogP contribution < -0.4 is 9.80 Å². The summed E-state index contributed by atoms with van der Waals surface area (Å²) in [5.41, 5.74) is 4.17. The van der Waals surface area contributed by atoms with Gasteiger partial charge in [0.15, 0.2) is 0 Å². The van der Waals surface area contributed by atoms with Crippen molar-refractivity contribution in [3.63, 3.8) is 0 Å². The van der Waals surface area contributed by atoms with E-state index in [4.69, 9.17) is 46.4 Å². The molecule has 4 rings (SSSR count). The van der Waals surface area contributed by atoms with E-state index in [9.17, 15) is 25.9 Å². The van der Waals surface area contributed by atoms with E-state index in [0.29, 0.717) is 46.1 Å². The number of aryl methyl sites for hydroxylation is 2. The van der Waals surface area contributed by atoms with Gasteiger partial charge in [0, 0.05) is 30.7 Å². The molecule has 0 aliphatic carbocycles. The highest BCUT2D eigenvalue weighted by Gasteiger charge is 2.31. The summed E-state index contributed by atoms with van der Waals surface area (Å²) in [6, 6.07) is 7.12. The number of benzene rings is 2. The zero-order valence-electron chi connectivity index (χ0n) is 24.8. The molecule has 2 aromatic carbocycles. The maximum absolute atomic E-state index is 11.5. The Balaban J connectivity index is 1.83. The second-order valence-corrected chi connectivity index (χ2v) is 15.5. The van der Waals surface area contributed by atoms with Crippen molar-refractivity contribution >= 4 is 95.0 Å². The van der Waals surface area contributed by atoms with Gasteiger partial charge in [-0.05, 0) is 74.1 Å². The third-order valence-corrected chi connectivity index (χ3v) is 10.5. The maximum atomic E-state index is 11.5. The molecule has 1 aliphatic heterocycles. The second kappa shape index (κ2) is 14.9. The first-order chi connectivity index (χ1) is 21.1. The minimum Gasteiger partial charge on any atom is -0.341 e. The van der Waals surface area contributed by atoms with Gasteiger partial charge in [-0.1, -0.05) is 66.3 Å². The van der Waals surface area contributed by atoms with Crippen molar-refractivity contribution in [1.82, 2.24) is 4.57 Å². The van der Waals surface area contributed by atoms with Gasteiger partial charge in [0.05, 0.1) is 48.5 Å². The predicted molar refractivity (Wildman–Crippen MR) is 187 cm³/mol. The van der Waals surface area contributed by atoms with Crippen LogP contribution in [-0.4, -0.2) is 55.1 Å². The highest BCUT2D eigenvalue weighted by Crippen LogP contribution is 2.46. The Kier molecular flexibility index (Phi) is 11.8. The molecule has 0 amide bonds. The van der Waals surface area contributed by atoms with E-state index in [1.165, 1.54) is 0 Å². The maximum Gasteiger partial charge on any atom is 0.264 e. The molecule has 0 bridgehead atoms. The Morgan fingerprint density at radius 2 is 1.27 bits per heavy atom. The lowest BCUT2D eigenvalue weighted by atomic mass is 10.1. The Morgan fingerprint density at radius 1 is 0.733 bits per heavy atom. The zero-order chi connectivity index (χ0) is 33.1. The van der Waals surface area contributed by atoms with E-state index in [-0.39, 0.29) is 18.6 Å².